The number of methoxy groups -OCH3 is 2. The van der Waals surface area contributed by atoms with Crippen LogP contribution >= 0.6 is 0 Å². The average Bonchev–Trinajstić information content (AvgIpc) is 3.11. The lowest BCUT2D eigenvalue weighted by molar-refractivity contribution is 0.0963. The van der Waals surface area contributed by atoms with Crippen molar-refractivity contribution in [2.75, 3.05) is 33.2 Å². The molecule has 30 heavy (non-hydrogen) atoms. The second-order valence-corrected chi connectivity index (χ2v) is 6.77. The van der Waals surface area contributed by atoms with Crippen LogP contribution in [0.25, 0.3) is 21.9 Å². The van der Waals surface area contributed by atoms with Crippen molar-refractivity contribution in [2.45, 2.75) is 6.92 Å². The summed E-state index contributed by atoms with van der Waals surface area (Å²) in [5.41, 5.74) is 2.77. The summed E-state index contributed by atoms with van der Waals surface area (Å²) >= 11 is 0. The SMILES string of the molecule is CNC(=O)c1c(C)oc2cc(N(C)c3ncnc4cc(OC)c(OC)cc34)ccc12. The zero-order valence-electron chi connectivity index (χ0n) is 17.4. The van der Waals surface area contributed by atoms with E-state index in [0.29, 0.717) is 34.2 Å². The summed E-state index contributed by atoms with van der Waals surface area (Å²) in [4.78, 5) is 23.0. The summed E-state index contributed by atoms with van der Waals surface area (Å²) in [5, 5.41) is 4.24. The Bertz CT molecular complexity index is 1270. The Balaban J connectivity index is 1.83. The van der Waals surface area contributed by atoms with Gasteiger partial charge in [0.2, 0.25) is 0 Å². The van der Waals surface area contributed by atoms with E-state index in [4.69, 9.17) is 13.9 Å². The monoisotopic (exact) mass is 406 g/mol. The van der Waals surface area contributed by atoms with Gasteiger partial charge >= 0.3 is 0 Å². The molecule has 8 heteroatoms. The molecule has 0 bridgehead atoms. The molecule has 4 aromatic rings. The fourth-order valence-electron chi connectivity index (χ4n) is 3.58. The first-order valence-corrected chi connectivity index (χ1v) is 9.34. The van der Waals surface area contributed by atoms with E-state index in [2.05, 4.69) is 15.3 Å². The minimum atomic E-state index is -0.171. The molecule has 154 valence electrons. The van der Waals surface area contributed by atoms with Crippen LogP contribution in [-0.2, 0) is 0 Å². The van der Waals surface area contributed by atoms with Crippen LogP contribution in [0.15, 0.2) is 41.1 Å². The molecule has 0 atom stereocenters. The second-order valence-electron chi connectivity index (χ2n) is 6.77. The lowest BCUT2D eigenvalue weighted by Gasteiger charge is -2.20. The number of aromatic nitrogens is 2. The van der Waals surface area contributed by atoms with Crippen molar-refractivity contribution >= 4 is 39.3 Å². The number of carbonyl (C=O) groups is 1. The number of benzene rings is 2. The highest BCUT2D eigenvalue weighted by molar-refractivity contribution is 6.07. The second kappa shape index (κ2) is 7.55. The highest BCUT2D eigenvalue weighted by atomic mass is 16.5. The Morgan fingerprint density at radius 3 is 2.50 bits per heavy atom. The van der Waals surface area contributed by atoms with Gasteiger partial charge in [0, 0.05) is 42.7 Å². The lowest BCUT2D eigenvalue weighted by Crippen LogP contribution is -2.18. The maximum absolute atomic E-state index is 12.2. The van der Waals surface area contributed by atoms with E-state index < -0.39 is 0 Å². The Kier molecular flexibility index (Phi) is 4.91. The maximum Gasteiger partial charge on any atom is 0.255 e. The van der Waals surface area contributed by atoms with Crippen molar-refractivity contribution in [2.24, 2.45) is 0 Å². The van der Waals surface area contributed by atoms with Gasteiger partial charge < -0.3 is 24.1 Å². The third-order valence-corrected chi connectivity index (χ3v) is 5.13. The van der Waals surface area contributed by atoms with E-state index in [-0.39, 0.29) is 5.91 Å². The molecule has 8 nitrogen and oxygen atoms in total. The normalized spacial score (nSPS) is 11.0. The van der Waals surface area contributed by atoms with Gasteiger partial charge in [-0.1, -0.05) is 0 Å². The number of rotatable bonds is 5. The quantitative estimate of drug-likeness (QED) is 0.539. The number of furan rings is 1. The van der Waals surface area contributed by atoms with Crippen molar-refractivity contribution in [1.29, 1.82) is 0 Å². The molecule has 0 unspecified atom stereocenters. The predicted octanol–water partition coefficient (Wildman–Crippen LogP) is 3.83. The summed E-state index contributed by atoms with van der Waals surface area (Å²) in [7, 11) is 6.70. The fourth-order valence-corrected chi connectivity index (χ4v) is 3.58. The molecule has 0 saturated heterocycles. The average molecular weight is 406 g/mol. The summed E-state index contributed by atoms with van der Waals surface area (Å²) in [6.07, 6.45) is 1.51. The molecule has 0 spiro atoms. The standard InChI is InChI=1S/C22H22N4O4/c1-12-20(22(27)23-2)14-7-6-13(8-17(14)30-12)26(3)21-15-9-18(28-4)19(29-5)10-16(15)24-11-25-21/h6-11H,1-5H3,(H,23,27). The zero-order valence-corrected chi connectivity index (χ0v) is 17.4. The number of hydrogen-bond acceptors (Lipinski definition) is 7. The number of fused-ring (bicyclic) bond motifs is 2. The van der Waals surface area contributed by atoms with E-state index in [1.807, 2.05) is 42.3 Å². The Labute approximate surface area is 173 Å². The third-order valence-electron chi connectivity index (χ3n) is 5.13. The van der Waals surface area contributed by atoms with Gasteiger partial charge in [0.05, 0.1) is 25.3 Å². The van der Waals surface area contributed by atoms with Gasteiger partial charge in [-0.3, -0.25) is 4.79 Å². The number of nitrogens with zero attached hydrogens (tertiary/aromatic N) is 3. The predicted molar refractivity (Wildman–Crippen MR) is 115 cm³/mol. The van der Waals surface area contributed by atoms with Gasteiger partial charge in [-0.05, 0) is 25.1 Å². The van der Waals surface area contributed by atoms with Crippen LogP contribution < -0.4 is 19.7 Å². The van der Waals surface area contributed by atoms with Crippen molar-refractivity contribution in [3.63, 3.8) is 0 Å². The molecule has 0 aliphatic heterocycles. The highest BCUT2D eigenvalue weighted by Crippen LogP contribution is 2.37. The van der Waals surface area contributed by atoms with Crippen molar-refractivity contribution in [3.8, 4) is 11.5 Å². The number of nitrogens with one attached hydrogen (secondary N) is 1. The zero-order chi connectivity index (χ0) is 21.4. The van der Waals surface area contributed by atoms with Crippen molar-refractivity contribution < 1.29 is 18.7 Å². The van der Waals surface area contributed by atoms with Gasteiger partial charge in [-0.25, -0.2) is 9.97 Å². The van der Waals surface area contributed by atoms with Crippen LogP contribution in [0.4, 0.5) is 11.5 Å². The molecular weight excluding hydrogens is 384 g/mol. The van der Waals surface area contributed by atoms with E-state index in [0.717, 1.165) is 22.0 Å². The molecule has 2 heterocycles. The van der Waals surface area contributed by atoms with Crippen molar-refractivity contribution in [1.82, 2.24) is 15.3 Å². The Hall–Kier alpha value is -3.81. The van der Waals surface area contributed by atoms with Gasteiger partial charge in [-0.2, -0.15) is 0 Å². The molecule has 1 amide bonds. The van der Waals surface area contributed by atoms with E-state index in [1.165, 1.54) is 6.33 Å². The van der Waals surface area contributed by atoms with Gasteiger partial charge in [0.1, 0.15) is 23.5 Å². The maximum atomic E-state index is 12.2. The van der Waals surface area contributed by atoms with E-state index in [1.54, 1.807) is 28.2 Å². The summed E-state index contributed by atoms with van der Waals surface area (Å²) in [5.74, 6) is 2.31. The molecule has 4 rings (SSSR count). The molecule has 1 N–H and O–H groups in total. The smallest absolute Gasteiger partial charge is 0.255 e. The lowest BCUT2D eigenvalue weighted by atomic mass is 10.1. The molecule has 0 saturated carbocycles. The number of ether oxygens (including phenoxy) is 2. The molecule has 0 aliphatic rings. The van der Waals surface area contributed by atoms with Gasteiger partial charge in [0.15, 0.2) is 11.5 Å². The van der Waals surface area contributed by atoms with Crippen LogP contribution in [0, 0.1) is 6.92 Å². The first-order chi connectivity index (χ1) is 14.5. The van der Waals surface area contributed by atoms with Crippen LogP contribution in [0.2, 0.25) is 0 Å². The highest BCUT2D eigenvalue weighted by Gasteiger charge is 2.19. The van der Waals surface area contributed by atoms with E-state index >= 15 is 0 Å². The first-order valence-electron chi connectivity index (χ1n) is 9.34. The summed E-state index contributed by atoms with van der Waals surface area (Å²) < 4.78 is 16.7. The minimum Gasteiger partial charge on any atom is -0.493 e. The number of hydrogen-bond donors (Lipinski definition) is 1. The largest absolute Gasteiger partial charge is 0.493 e. The van der Waals surface area contributed by atoms with Gasteiger partial charge in [0.25, 0.3) is 5.91 Å². The molecule has 0 aliphatic carbocycles. The van der Waals surface area contributed by atoms with Crippen molar-refractivity contribution in [3.05, 3.63) is 48.0 Å². The van der Waals surface area contributed by atoms with Crippen LogP contribution in [-0.4, -0.2) is 44.2 Å². The van der Waals surface area contributed by atoms with Crippen LogP contribution in [0.5, 0.6) is 11.5 Å². The third kappa shape index (κ3) is 3.06. The minimum absolute atomic E-state index is 0.171. The molecule has 2 aromatic heterocycles. The fraction of sp³-hybridized carbons (Fsp3) is 0.227. The number of aryl methyl sites for hydroxylation is 1. The molecule has 0 fully saturated rings. The molecular formula is C22H22N4O4. The number of carbonyl (C=O) groups excluding carboxylic acids is 1. The summed E-state index contributed by atoms with van der Waals surface area (Å²) in [6.45, 7) is 1.78. The summed E-state index contributed by atoms with van der Waals surface area (Å²) in [6, 6.07) is 9.39. The van der Waals surface area contributed by atoms with E-state index in [9.17, 15) is 4.79 Å². The Morgan fingerprint density at radius 2 is 1.80 bits per heavy atom. The number of anilines is 2. The first kappa shape index (κ1) is 19.5. The van der Waals surface area contributed by atoms with Gasteiger partial charge in [-0.15, -0.1) is 0 Å². The van der Waals surface area contributed by atoms with Crippen LogP contribution in [0.3, 0.4) is 0 Å². The molecule has 0 radical (unpaired) electrons. The van der Waals surface area contributed by atoms with Crippen LogP contribution in [0.1, 0.15) is 16.1 Å². The molecule has 2 aromatic carbocycles. The Morgan fingerprint density at radius 1 is 1.07 bits per heavy atom. The topological polar surface area (TPSA) is 89.7 Å². The number of amides is 1.